The first-order valence-corrected chi connectivity index (χ1v) is 8.56. The topological polar surface area (TPSA) is 54.0 Å². The number of rotatable bonds is 5. The number of para-hydroxylation sites is 1. The van der Waals surface area contributed by atoms with Crippen LogP contribution in [0.15, 0.2) is 66.9 Å². The summed E-state index contributed by atoms with van der Waals surface area (Å²) in [4.78, 5) is 16.6. The van der Waals surface area contributed by atoms with Crippen LogP contribution in [0.2, 0.25) is 0 Å². The molecular formula is C21H18F3N3O. The lowest BCUT2D eigenvalue weighted by Gasteiger charge is -2.14. The van der Waals surface area contributed by atoms with Gasteiger partial charge in [-0.25, -0.2) is 4.98 Å². The van der Waals surface area contributed by atoms with Crippen LogP contribution in [-0.2, 0) is 12.7 Å². The fourth-order valence-corrected chi connectivity index (χ4v) is 2.70. The molecule has 0 saturated heterocycles. The molecule has 0 fully saturated rings. The molecule has 0 atom stereocenters. The molecule has 3 rings (SSSR count). The Balaban J connectivity index is 1.74. The van der Waals surface area contributed by atoms with Crippen molar-refractivity contribution < 1.29 is 18.0 Å². The zero-order valence-electron chi connectivity index (χ0n) is 15.0. The first-order chi connectivity index (χ1) is 13.3. The highest BCUT2D eigenvalue weighted by Gasteiger charge is 2.33. The Morgan fingerprint density at radius 3 is 2.50 bits per heavy atom. The summed E-state index contributed by atoms with van der Waals surface area (Å²) in [5.41, 5.74) is 1.23. The van der Waals surface area contributed by atoms with Gasteiger partial charge in [0, 0.05) is 18.3 Å². The van der Waals surface area contributed by atoms with Crippen molar-refractivity contribution in [1.82, 2.24) is 4.98 Å². The van der Waals surface area contributed by atoms with Crippen LogP contribution >= 0.6 is 0 Å². The van der Waals surface area contributed by atoms with E-state index in [2.05, 4.69) is 15.6 Å². The van der Waals surface area contributed by atoms with E-state index < -0.39 is 17.6 Å². The number of carbonyl (C=O) groups is 1. The summed E-state index contributed by atoms with van der Waals surface area (Å²) in [6.45, 7) is 2.51. The third kappa shape index (κ3) is 4.68. The molecule has 0 aliphatic carbocycles. The third-order valence-corrected chi connectivity index (χ3v) is 4.22. The van der Waals surface area contributed by atoms with Crippen LogP contribution in [0.5, 0.6) is 0 Å². The van der Waals surface area contributed by atoms with Crippen LogP contribution in [0.3, 0.4) is 0 Å². The van der Waals surface area contributed by atoms with Gasteiger partial charge in [0.15, 0.2) is 0 Å². The zero-order chi connectivity index (χ0) is 20.1. The Labute approximate surface area is 160 Å². The molecule has 7 heteroatoms. The van der Waals surface area contributed by atoms with Gasteiger partial charge in [0.2, 0.25) is 0 Å². The average molecular weight is 385 g/mol. The molecule has 0 radical (unpaired) electrons. The van der Waals surface area contributed by atoms with Gasteiger partial charge in [-0.2, -0.15) is 13.2 Å². The van der Waals surface area contributed by atoms with Gasteiger partial charge in [0.25, 0.3) is 5.91 Å². The van der Waals surface area contributed by atoms with E-state index >= 15 is 0 Å². The lowest BCUT2D eigenvalue weighted by molar-refractivity contribution is -0.136. The molecule has 2 N–H and O–H groups in total. The van der Waals surface area contributed by atoms with Crippen molar-refractivity contribution in [3.05, 3.63) is 89.1 Å². The number of halogens is 3. The minimum atomic E-state index is -4.55. The number of anilines is 2. The molecular weight excluding hydrogens is 367 g/mol. The molecule has 4 nitrogen and oxygen atoms in total. The SMILES string of the molecule is Cc1ccccc1CNc1cc(C(=O)Nc2ccccc2C(F)(F)F)ccn1. The van der Waals surface area contributed by atoms with Crippen LogP contribution in [0.25, 0.3) is 0 Å². The van der Waals surface area contributed by atoms with Crippen LogP contribution in [0.4, 0.5) is 24.7 Å². The first-order valence-electron chi connectivity index (χ1n) is 8.56. The molecule has 3 aromatic rings. The smallest absolute Gasteiger partial charge is 0.366 e. The number of hydrogen-bond acceptors (Lipinski definition) is 3. The van der Waals surface area contributed by atoms with E-state index in [-0.39, 0.29) is 11.3 Å². The summed E-state index contributed by atoms with van der Waals surface area (Å²) >= 11 is 0. The van der Waals surface area contributed by atoms with E-state index in [0.29, 0.717) is 12.4 Å². The van der Waals surface area contributed by atoms with E-state index in [4.69, 9.17) is 0 Å². The minimum absolute atomic E-state index is 0.208. The van der Waals surface area contributed by atoms with Crippen molar-refractivity contribution in [2.45, 2.75) is 19.6 Å². The van der Waals surface area contributed by atoms with Crippen molar-refractivity contribution in [3.63, 3.8) is 0 Å². The molecule has 0 aliphatic rings. The second-order valence-electron chi connectivity index (χ2n) is 6.21. The highest BCUT2D eigenvalue weighted by Crippen LogP contribution is 2.34. The van der Waals surface area contributed by atoms with Crippen LogP contribution in [0, 0.1) is 6.92 Å². The number of carbonyl (C=O) groups excluding carboxylic acids is 1. The van der Waals surface area contributed by atoms with Gasteiger partial charge in [-0.05, 0) is 42.3 Å². The van der Waals surface area contributed by atoms with Gasteiger partial charge in [-0.3, -0.25) is 4.79 Å². The van der Waals surface area contributed by atoms with Gasteiger partial charge < -0.3 is 10.6 Å². The minimum Gasteiger partial charge on any atom is -0.366 e. The van der Waals surface area contributed by atoms with Crippen LogP contribution in [0.1, 0.15) is 27.0 Å². The fraction of sp³-hybridized carbons (Fsp3) is 0.143. The standard InChI is InChI=1S/C21H18F3N3O/c1-14-6-2-3-7-16(14)13-26-19-12-15(10-11-25-19)20(28)27-18-9-5-4-8-17(18)21(22,23)24/h2-12H,13H2,1H3,(H,25,26)(H,27,28). The Hall–Kier alpha value is -3.35. The lowest BCUT2D eigenvalue weighted by Crippen LogP contribution is -2.17. The summed E-state index contributed by atoms with van der Waals surface area (Å²) in [7, 11) is 0. The molecule has 144 valence electrons. The van der Waals surface area contributed by atoms with E-state index in [9.17, 15) is 18.0 Å². The number of hydrogen-bond donors (Lipinski definition) is 2. The van der Waals surface area contributed by atoms with Crippen molar-refractivity contribution in [3.8, 4) is 0 Å². The van der Waals surface area contributed by atoms with Crippen molar-refractivity contribution in [2.75, 3.05) is 10.6 Å². The largest absolute Gasteiger partial charge is 0.418 e. The highest BCUT2D eigenvalue weighted by atomic mass is 19.4. The molecule has 0 unspecified atom stereocenters. The van der Waals surface area contributed by atoms with E-state index in [1.807, 2.05) is 31.2 Å². The number of nitrogens with zero attached hydrogens (tertiary/aromatic N) is 1. The molecule has 1 amide bonds. The molecule has 0 saturated carbocycles. The number of aromatic nitrogens is 1. The Morgan fingerprint density at radius 1 is 1.04 bits per heavy atom. The molecule has 2 aromatic carbocycles. The first kappa shape index (κ1) is 19.4. The predicted octanol–water partition coefficient (Wildman–Crippen LogP) is 5.27. The fourth-order valence-electron chi connectivity index (χ4n) is 2.70. The summed E-state index contributed by atoms with van der Waals surface area (Å²) in [6, 6.07) is 15.7. The second-order valence-corrected chi connectivity index (χ2v) is 6.21. The number of aryl methyl sites for hydroxylation is 1. The maximum absolute atomic E-state index is 13.1. The second kappa shape index (κ2) is 8.12. The monoisotopic (exact) mass is 385 g/mol. The van der Waals surface area contributed by atoms with Gasteiger partial charge in [-0.15, -0.1) is 0 Å². The number of amides is 1. The zero-order valence-corrected chi connectivity index (χ0v) is 15.0. The number of nitrogens with one attached hydrogen (secondary N) is 2. The molecule has 28 heavy (non-hydrogen) atoms. The number of pyridine rings is 1. The Morgan fingerprint density at radius 2 is 1.75 bits per heavy atom. The molecule has 0 spiro atoms. The maximum atomic E-state index is 13.1. The van der Waals surface area contributed by atoms with Crippen molar-refractivity contribution in [1.29, 1.82) is 0 Å². The van der Waals surface area contributed by atoms with E-state index in [1.165, 1.54) is 36.5 Å². The molecule has 1 aromatic heterocycles. The molecule has 1 heterocycles. The predicted molar refractivity (Wildman–Crippen MR) is 102 cm³/mol. The van der Waals surface area contributed by atoms with Crippen LogP contribution in [-0.4, -0.2) is 10.9 Å². The average Bonchev–Trinajstić information content (AvgIpc) is 2.67. The number of alkyl halides is 3. The Bertz CT molecular complexity index is 986. The van der Waals surface area contributed by atoms with Gasteiger partial charge in [-0.1, -0.05) is 36.4 Å². The normalized spacial score (nSPS) is 11.1. The Kier molecular flexibility index (Phi) is 5.63. The third-order valence-electron chi connectivity index (χ3n) is 4.22. The lowest BCUT2D eigenvalue weighted by atomic mass is 10.1. The summed E-state index contributed by atoms with van der Waals surface area (Å²) < 4.78 is 39.3. The van der Waals surface area contributed by atoms with Crippen molar-refractivity contribution >= 4 is 17.4 Å². The van der Waals surface area contributed by atoms with Gasteiger partial charge >= 0.3 is 6.18 Å². The quantitative estimate of drug-likeness (QED) is 0.629. The summed E-state index contributed by atoms with van der Waals surface area (Å²) in [6.07, 6.45) is -3.12. The van der Waals surface area contributed by atoms with Gasteiger partial charge in [0.05, 0.1) is 11.3 Å². The summed E-state index contributed by atoms with van der Waals surface area (Å²) in [5, 5.41) is 5.45. The van der Waals surface area contributed by atoms with E-state index in [0.717, 1.165) is 17.2 Å². The summed E-state index contributed by atoms with van der Waals surface area (Å²) in [5.74, 6) is -0.182. The van der Waals surface area contributed by atoms with E-state index in [1.54, 1.807) is 0 Å². The molecule has 0 bridgehead atoms. The van der Waals surface area contributed by atoms with Crippen molar-refractivity contribution in [2.24, 2.45) is 0 Å². The maximum Gasteiger partial charge on any atom is 0.418 e. The van der Waals surface area contributed by atoms with Gasteiger partial charge in [0.1, 0.15) is 5.82 Å². The molecule has 0 aliphatic heterocycles. The number of benzene rings is 2. The highest BCUT2D eigenvalue weighted by molar-refractivity contribution is 6.05. The van der Waals surface area contributed by atoms with Crippen LogP contribution < -0.4 is 10.6 Å².